The summed E-state index contributed by atoms with van der Waals surface area (Å²) >= 11 is 0. The topological polar surface area (TPSA) is 194 Å². The van der Waals surface area contributed by atoms with Gasteiger partial charge in [0.1, 0.15) is 30.0 Å². The molecule has 3 aromatic carbocycles. The lowest BCUT2D eigenvalue weighted by atomic mass is 9.52. The van der Waals surface area contributed by atoms with Gasteiger partial charge in [0, 0.05) is 43.6 Å². The summed E-state index contributed by atoms with van der Waals surface area (Å²) in [7, 11) is 0. The monoisotopic (exact) mass is 849 g/mol. The summed E-state index contributed by atoms with van der Waals surface area (Å²) < 4.78 is 37.0. The Balaban J connectivity index is 1.28. The van der Waals surface area contributed by atoms with Crippen LogP contribution in [-0.4, -0.2) is 100 Å². The van der Waals surface area contributed by atoms with Crippen LogP contribution in [0.4, 0.5) is 0 Å². The number of aliphatic hydroxyl groups is 2. The maximum Gasteiger partial charge on any atom is 0.350 e. The second-order valence-corrected chi connectivity index (χ2v) is 17.8. The molecule has 2 heterocycles. The SMILES string of the molecule is CC(=O)O[C@H]1C(=O)[C@@]2(C)C(C[C@H](OC(=O)c3ccccc3)[C@]3(O)CC(OC(=O)C4OC(c5ccccc5)=NC4c4ccccc4)C(C)=C1C3(C)C)[C@]1(OC(C)=O)CO[C@@H]1C[C@@H]2O. The quantitative estimate of drug-likeness (QED) is 0.171. The van der Waals surface area contributed by atoms with Crippen LogP contribution in [0.5, 0.6) is 0 Å². The zero-order valence-corrected chi connectivity index (χ0v) is 35.4. The third-order valence-electron chi connectivity index (χ3n) is 14.0. The summed E-state index contributed by atoms with van der Waals surface area (Å²) in [5.41, 5.74) is -5.22. The lowest BCUT2D eigenvalue weighted by Crippen LogP contribution is -2.75. The fraction of sp³-hybridized carbons (Fsp3) is 0.458. The summed E-state index contributed by atoms with van der Waals surface area (Å²) in [4.78, 5) is 75.2. The molecule has 326 valence electrons. The molecule has 3 aromatic rings. The first-order chi connectivity index (χ1) is 29.4. The molecule has 0 radical (unpaired) electrons. The zero-order valence-electron chi connectivity index (χ0n) is 35.4. The molecule has 11 atom stereocenters. The predicted molar refractivity (Wildman–Crippen MR) is 220 cm³/mol. The molecule has 2 N–H and O–H groups in total. The first-order valence-electron chi connectivity index (χ1n) is 20.9. The Morgan fingerprint density at radius 3 is 2.05 bits per heavy atom. The number of carbonyl (C=O) groups excluding carboxylic acids is 5. The molecule has 8 rings (SSSR count). The first kappa shape index (κ1) is 43.0. The Kier molecular flexibility index (Phi) is 11.0. The van der Waals surface area contributed by atoms with Crippen molar-refractivity contribution in [2.24, 2.45) is 21.7 Å². The Labute approximate surface area is 359 Å². The molecule has 2 bridgehead atoms. The third-order valence-corrected chi connectivity index (χ3v) is 14.0. The largest absolute Gasteiger partial charge is 0.459 e. The number of ether oxygens (including phenoxy) is 6. The van der Waals surface area contributed by atoms with Gasteiger partial charge < -0.3 is 38.6 Å². The summed E-state index contributed by atoms with van der Waals surface area (Å²) in [5.74, 6) is -4.82. The number of benzene rings is 3. The molecule has 14 heteroatoms. The van der Waals surface area contributed by atoms with Crippen LogP contribution in [0.25, 0.3) is 0 Å². The molecule has 2 saturated carbocycles. The number of nitrogens with zero attached hydrogens (tertiary/aromatic N) is 1. The average Bonchev–Trinajstić information content (AvgIpc) is 3.70. The van der Waals surface area contributed by atoms with E-state index >= 15 is 4.79 Å². The number of Topliss-reactive ketones (excluding diaryl/α,β-unsaturated/α-hetero) is 1. The van der Waals surface area contributed by atoms with Crippen molar-refractivity contribution in [2.45, 2.75) is 115 Å². The van der Waals surface area contributed by atoms with Crippen molar-refractivity contribution in [1.82, 2.24) is 0 Å². The number of carbonyl (C=O) groups is 5. The van der Waals surface area contributed by atoms with Gasteiger partial charge in [-0.25, -0.2) is 14.6 Å². The number of hydrogen-bond acceptors (Lipinski definition) is 14. The van der Waals surface area contributed by atoms with E-state index in [4.69, 9.17) is 33.4 Å². The second-order valence-electron chi connectivity index (χ2n) is 17.8. The van der Waals surface area contributed by atoms with Crippen LogP contribution >= 0.6 is 0 Å². The van der Waals surface area contributed by atoms with Crippen LogP contribution in [-0.2, 0) is 47.6 Å². The van der Waals surface area contributed by atoms with E-state index in [1.807, 2.05) is 48.5 Å². The van der Waals surface area contributed by atoms with E-state index < -0.39 is 100 Å². The highest BCUT2D eigenvalue weighted by Gasteiger charge is 2.74. The summed E-state index contributed by atoms with van der Waals surface area (Å²) in [6.45, 7) is 8.64. The number of hydrogen-bond donors (Lipinski definition) is 2. The maximum atomic E-state index is 15.6. The number of ketones is 1. The molecule has 0 aromatic heterocycles. The zero-order chi connectivity index (χ0) is 44.4. The van der Waals surface area contributed by atoms with Gasteiger partial charge in [0.05, 0.1) is 23.7 Å². The summed E-state index contributed by atoms with van der Waals surface area (Å²) in [6, 6.07) is 25.5. The highest BCUT2D eigenvalue weighted by atomic mass is 16.6. The molecular formula is C48H51NO13. The van der Waals surface area contributed by atoms with Gasteiger partial charge in [0.25, 0.3) is 0 Å². The molecule has 62 heavy (non-hydrogen) atoms. The van der Waals surface area contributed by atoms with Gasteiger partial charge in [0.2, 0.25) is 12.0 Å². The standard InChI is InChI=1S/C48H51NO13/c1-26-32(59-44(55)40-38(29-16-10-7-11-17-29)49-42(61-40)30-18-12-8-13-19-30)24-48(56)36(60-43(54)31-20-14-9-15-21-31)22-33-46(6,34(52)23-35-47(33,25-57-35)62-28(3)51)41(53)39(58-27(2)50)37(26)45(48,4)5/h7-21,32-36,38-40,52,56H,22-25H2,1-6H3/t32?,33?,34-,35+,36-,38?,39+,40?,46-,47+,48+/m0/s1. The summed E-state index contributed by atoms with van der Waals surface area (Å²) in [5, 5.41) is 25.7. The third kappa shape index (κ3) is 6.92. The van der Waals surface area contributed by atoms with Gasteiger partial charge in [-0.1, -0.05) is 80.6 Å². The van der Waals surface area contributed by atoms with Gasteiger partial charge in [-0.05, 0) is 61.2 Å². The van der Waals surface area contributed by atoms with Crippen LogP contribution in [0.2, 0.25) is 0 Å². The molecule has 2 aliphatic heterocycles. The van der Waals surface area contributed by atoms with E-state index in [1.165, 1.54) is 13.8 Å². The fourth-order valence-electron chi connectivity index (χ4n) is 10.6. The fourth-order valence-corrected chi connectivity index (χ4v) is 10.6. The van der Waals surface area contributed by atoms with Crippen molar-refractivity contribution in [1.29, 1.82) is 0 Å². The number of aliphatic hydroxyl groups excluding tert-OH is 1. The molecule has 0 spiro atoms. The van der Waals surface area contributed by atoms with E-state index in [0.717, 1.165) is 6.92 Å². The lowest BCUT2D eigenvalue weighted by molar-refractivity contribution is -0.323. The average molecular weight is 850 g/mol. The van der Waals surface area contributed by atoms with Crippen molar-refractivity contribution in [3.05, 3.63) is 119 Å². The number of esters is 4. The minimum atomic E-state index is -2.19. The Morgan fingerprint density at radius 2 is 1.45 bits per heavy atom. The first-order valence-corrected chi connectivity index (χ1v) is 20.9. The van der Waals surface area contributed by atoms with E-state index in [9.17, 15) is 29.4 Å². The number of aliphatic imine (C=N–C) groups is 1. The van der Waals surface area contributed by atoms with E-state index in [2.05, 4.69) is 0 Å². The molecule has 1 saturated heterocycles. The normalized spacial score (nSPS) is 34.6. The van der Waals surface area contributed by atoms with Gasteiger partial charge in [-0.15, -0.1) is 0 Å². The minimum Gasteiger partial charge on any atom is -0.459 e. The molecule has 4 unspecified atom stereocenters. The van der Waals surface area contributed by atoms with Gasteiger partial charge >= 0.3 is 23.9 Å². The molecule has 14 nitrogen and oxygen atoms in total. The molecular weight excluding hydrogens is 799 g/mol. The number of fused-ring (bicyclic) bond motifs is 5. The Morgan fingerprint density at radius 1 is 0.823 bits per heavy atom. The highest BCUT2D eigenvalue weighted by Crippen LogP contribution is 2.62. The van der Waals surface area contributed by atoms with Crippen molar-refractivity contribution in [3.8, 4) is 0 Å². The van der Waals surface area contributed by atoms with E-state index in [-0.39, 0.29) is 42.9 Å². The predicted octanol–water partition coefficient (Wildman–Crippen LogP) is 5.18. The van der Waals surface area contributed by atoms with Gasteiger partial charge in [0.15, 0.2) is 17.5 Å². The molecule has 0 amide bonds. The highest BCUT2D eigenvalue weighted by molar-refractivity contribution is 5.98. The van der Waals surface area contributed by atoms with Crippen LogP contribution in [0.1, 0.15) is 88.3 Å². The van der Waals surface area contributed by atoms with Gasteiger partial charge in [-0.2, -0.15) is 0 Å². The second kappa shape index (κ2) is 15.9. The molecule has 3 fully saturated rings. The smallest absolute Gasteiger partial charge is 0.350 e. The lowest BCUT2D eigenvalue weighted by Gasteiger charge is -2.62. The van der Waals surface area contributed by atoms with Crippen LogP contribution in [0.15, 0.2) is 107 Å². The minimum absolute atomic E-state index is 0.0979. The van der Waals surface area contributed by atoms with Crippen molar-refractivity contribution >= 4 is 35.6 Å². The Hall–Kier alpha value is -5.70. The molecule has 3 aliphatic carbocycles. The summed E-state index contributed by atoms with van der Waals surface area (Å²) in [6.07, 6.45) is -8.95. The maximum absolute atomic E-state index is 15.6. The van der Waals surface area contributed by atoms with Crippen LogP contribution in [0, 0.1) is 16.7 Å². The van der Waals surface area contributed by atoms with Crippen LogP contribution in [0.3, 0.4) is 0 Å². The van der Waals surface area contributed by atoms with Gasteiger partial charge in [-0.3, -0.25) is 14.4 Å². The van der Waals surface area contributed by atoms with Crippen LogP contribution < -0.4 is 0 Å². The van der Waals surface area contributed by atoms with Crippen molar-refractivity contribution in [3.63, 3.8) is 0 Å². The molecule has 5 aliphatic rings. The van der Waals surface area contributed by atoms with Crippen molar-refractivity contribution < 1.29 is 62.6 Å². The van der Waals surface area contributed by atoms with E-state index in [0.29, 0.717) is 16.7 Å². The van der Waals surface area contributed by atoms with Crippen molar-refractivity contribution in [2.75, 3.05) is 6.61 Å². The van der Waals surface area contributed by atoms with E-state index in [1.54, 1.807) is 63.2 Å². The Bertz CT molecular complexity index is 2330. The number of rotatable bonds is 8.